The summed E-state index contributed by atoms with van der Waals surface area (Å²) >= 11 is 5.98. The van der Waals surface area contributed by atoms with Gasteiger partial charge in [0.1, 0.15) is 5.75 Å². The van der Waals surface area contributed by atoms with Crippen LogP contribution in [0.2, 0.25) is 5.02 Å². The molecule has 1 N–H and O–H groups in total. The van der Waals surface area contributed by atoms with Crippen molar-refractivity contribution in [2.75, 3.05) is 12.4 Å². The highest BCUT2D eigenvalue weighted by Gasteiger charge is 2.25. The summed E-state index contributed by atoms with van der Waals surface area (Å²) < 4.78 is 5.05. The average molecular weight is 328 g/mol. The van der Waals surface area contributed by atoms with Crippen LogP contribution in [0.1, 0.15) is 11.1 Å². The molecule has 3 rings (SSSR count). The molecule has 0 saturated heterocycles. The minimum atomic E-state index is -0.672. The summed E-state index contributed by atoms with van der Waals surface area (Å²) in [5.41, 5.74) is 2.66. The highest BCUT2D eigenvalue weighted by Crippen LogP contribution is 2.30. The van der Waals surface area contributed by atoms with Crippen LogP contribution in [-0.2, 0) is 16.0 Å². The van der Waals surface area contributed by atoms with Gasteiger partial charge >= 0.3 is 0 Å². The highest BCUT2D eigenvalue weighted by atomic mass is 35.5. The van der Waals surface area contributed by atoms with Crippen LogP contribution < -0.4 is 10.1 Å². The fourth-order valence-electron chi connectivity index (χ4n) is 2.50. The first kappa shape index (κ1) is 15.3. The van der Waals surface area contributed by atoms with E-state index in [9.17, 15) is 9.59 Å². The second-order valence-electron chi connectivity index (χ2n) is 5.14. The van der Waals surface area contributed by atoms with Crippen molar-refractivity contribution in [3.8, 4) is 5.75 Å². The molecule has 0 aliphatic heterocycles. The molecule has 23 heavy (non-hydrogen) atoms. The molecule has 116 valence electrons. The van der Waals surface area contributed by atoms with Crippen molar-refractivity contribution < 1.29 is 14.3 Å². The Hall–Kier alpha value is -2.59. The monoisotopic (exact) mass is 327 g/mol. The number of anilines is 1. The minimum absolute atomic E-state index is 0.397. The molecule has 1 aliphatic carbocycles. The zero-order valence-electron chi connectivity index (χ0n) is 12.4. The number of benzene rings is 2. The molecule has 0 bridgehead atoms. The number of halogens is 1. The third-order valence-corrected chi connectivity index (χ3v) is 3.92. The lowest BCUT2D eigenvalue weighted by Gasteiger charge is -2.08. The van der Waals surface area contributed by atoms with Gasteiger partial charge in [-0.25, -0.2) is 0 Å². The fourth-order valence-corrected chi connectivity index (χ4v) is 2.67. The van der Waals surface area contributed by atoms with Gasteiger partial charge in [-0.2, -0.15) is 0 Å². The molecule has 0 spiro atoms. The van der Waals surface area contributed by atoms with Crippen LogP contribution in [0.15, 0.2) is 48.5 Å². The van der Waals surface area contributed by atoms with E-state index in [4.69, 9.17) is 16.3 Å². The first-order valence-corrected chi connectivity index (χ1v) is 7.45. The van der Waals surface area contributed by atoms with Gasteiger partial charge in [-0.3, -0.25) is 9.59 Å². The predicted molar refractivity (Wildman–Crippen MR) is 89.8 cm³/mol. The Morgan fingerprint density at radius 3 is 2.57 bits per heavy atom. The number of methoxy groups -OCH3 is 1. The molecule has 2 aromatic rings. The molecule has 0 saturated carbocycles. The van der Waals surface area contributed by atoms with E-state index < -0.39 is 11.7 Å². The number of Topliss-reactive ketones (excluding diaryl/α,β-unsaturated/α-hetero) is 1. The minimum Gasteiger partial charge on any atom is -0.497 e. The molecule has 2 aromatic carbocycles. The summed E-state index contributed by atoms with van der Waals surface area (Å²) in [4.78, 5) is 24.6. The van der Waals surface area contributed by atoms with E-state index in [-0.39, 0.29) is 0 Å². The van der Waals surface area contributed by atoms with E-state index in [1.54, 1.807) is 49.6 Å². The molecule has 1 aliphatic rings. The van der Waals surface area contributed by atoms with E-state index in [0.717, 1.165) is 11.1 Å². The normalized spacial score (nSPS) is 12.3. The number of hydrogen-bond donors (Lipinski definition) is 1. The molecule has 0 fully saturated rings. The summed E-state index contributed by atoms with van der Waals surface area (Å²) in [5.74, 6) is -0.563. The number of carbonyl (C=O) groups is 2. The number of rotatable bonds is 4. The van der Waals surface area contributed by atoms with Gasteiger partial charge in [-0.1, -0.05) is 23.7 Å². The Morgan fingerprint density at radius 2 is 1.87 bits per heavy atom. The standard InChI is InChI=1S/C18H14ClNO3/c1-23-14-7-5-13(6-8-14)20-18(22)17(21)15-9-3-11-2-4-12(19)10-16(11)15/h2,4-10H,3H2,1H3,(H,20,22). The molecular formula is C18H14ClNO3. The first-order valence-electron chi connectivity index (χ1n) is 7.07. The van der Waals surface area contributed by atoms with Crippen LogP contribution in [0.5, 0.6) is 5.75 Å². The number of allylic oxidation sites excluding steroid dienone is 1. The van der Waals surface area contributed by atoms with E-state index >= 15 is 0 Å². The van der Waals surface area contributed by atoms with E-state index in [2.05, 4.69) is 5.32 Å². The topological polar surface area (TPSA) is 55.4 Å². The van der Waals surface area contributed by atoms with Crippen molar-refractivity contribution >= 4 is 34.6 Å². The van der Waals surface area contributed by atoms with Gasteiger partial charge in [-0.05, 0) is 53.9 Å². The molecule has 0 heterocycles. The van der Waals surface area contributed by atoms with Crippen LogP contribution >= 0.6 is 11.6 Å². The first-order chi connectivity index (χ1) is 11.1. The zero-order valence-corrected chi connectivity index (χ0v) is 13.2. The number of nitrogens with one attached hydrogen (secondary N) is 1. The Balaban J connectivity index is 1.76. The molecule has 5 heteroatoms. The maximum atomic E-state index is 12.4. The Morgan fingerprint density at radius 1 is 1.13 bits per heavy atom. The van der Waals surface area contributed by atoms with Crippen molar-refractivity contribution in [3.63, 3.8) is 0 Å². The molecule has 1 amide bonds. The fraction of sp³-hybridized carbons (Fsp3) is 0.111. The zero-order chi connectivity index (χ0) is 16.4. The van der Waals surface area contributed by atoms with Crippen molar-refractivity contribution in [1.82, 2.24) is 0 Å². The molecule has 0 atom stereocenters. The second kappa shape index (κ2) is 6.26. The summed E-state index contributed by atoms with van der Waals surface area (Å²) in [6.45, 7) is 0. The van der Waals surface area contributed by atoms with Gasteiger partial charge in [0.05, 0.1) is 7.11 Å². The molecular weight excluding hydrogens is 314 g/mol. The maximum Gasteiger partial charge on any atom is 0.296 e. The summed E-state index contributed by atoms with van der Waals surface area (Å²) in [5, 5.41) is 3.14. The molecule has 4 nitrogen and oxygen atoms in total. The smallest absolute Gasteiger partial charge is 0.296 e. The Bertz CT molecular complexity index is 810. The van der Waals surface area contributed by atoms with Crippen LogP contribution in [0, 0.1) is 0 Å². The lowest BCUT2D eigenvalue weighted by Crippen LogP contribution is -2.23. The van der Waals surface area contributed by atoms with Crippen LogP contribution in [0.3, 0.4) is 0 Å². The maximum absolute atomic E-state index is 12.4. The van der Waals surface area contributed by atoms with Crippen molar-refractivity contribution in [2.24, 2.45) is 0 Å². The lowest BCUT2D eigenvalue weighted by molar-refractivity contribution is -0.131. The predicted octanol–water partition coefficient (Wildman–Crippen LogP) is 3.50. The molecule has 0 aromatic heterocycles. The number of fused-ring (bicyclic) bond motifs is 1. The van der Waals surface area contributed by atoms with E-state index in [0.29, 0.717) is 28.5 Å². The van der Waals surface area contributed by atoms with Gasteiger partial charge in [0.2, 0.25) is 0 Å². The van der Waals surface area contributed by atoms with Crippen molar-refractivity contribution in [1.29, 1.82) is 0 Å². The van der Waals surface area contributed by atoms with Crippen LogP contribution in [-0.4, -0.2) is 18.8 Å². The third-order valence-electron chi connectivity index (χ3n) is 3.69. The molecule has 0 unspecified atom stereocenters. The van der Waals surface area contributed by atoms with Gasteiger partial charge in [0, 0.05) is 16.3 Å². The summed E-state index contributed by atoms with van der Waals surface area (Å²) in [6.07, 6.45) is 2.39. The number of hydrogen-bond acceptors (Lipinski definition) is 3. The number of carbonyl (C=O) groups excluding carboxylic acids is 2. The largest absolute Gasteiger partial charge is 0.497 e. The van der Waals surface area contributed by atoms with E-state index in [1.165, 1.54) is 0 Å². The van der Waals surface area contributed by atoms with Crippen molar-refractivity contribution in [2.45, 2.75) is 6.42 Å². The van der Waals surface area contributed by atoms with Crippen LogP contribution in [0.25, 0.3) is 5.57 Å². The SMILES string of the molecule is COc1ccc(NC(=O)C(=O)C2=CCc3ccc(Cl)cc32)cc1. The van der Waals surface area contributed by atoms with Gasteiger partial charge in [-0.15, -0.1) is 0 Å². The van der Waals surface area contributed by atoms with Gasteiger partial charge in [0.15, 0.2) is 0 Å². The Kier molecular flexibility index (Phi) is 4.17. The van der Waals surface area contributed by atoms with Crippen LogP contribution in [0.4, 0.5) is 5.69 Å². The Labute approximate surface area is 138 Å². The van der Waals surface area contributed by atoms with Gasteiger partial charge < -0.3 is 10.1 Å². The third kappa shape index (κ3) is 3.12. The summed E-state index contributed by atoms with van der Waals surface area (Å²) in [7, 11) is 1.56. The highest BCUT2D eigenvalue weighted by molar-refractivity contribution is 6.56. The average Bonchev–Trinajstić information content (AvgIpc) is 2.97. The van der Waals surface area contributed by atoms with Crippen molar-refractivity contribution in [3.05, 3.63) is 64.7 Å². The van der Waals surface area contributed by atoms with E-state index in [1.807, 2.05) is 6.07 Å². The number of ketones is 1. The van der Waals surface area contributed by atoms with Gasteiger partial charge in [0.25, 0.3) is 11.7 Å². The quantitative estimate of drug-likeness (QED) is 0.874. The number of amides is 1. The molecule has 0 radical (unpaired) electrons. The lowest BCUT2D eigenvalue weighted by atomic mass is 10.0. The summed E-state index contributed by atoms with van der Waals surface area (Å²) in [6, 6.07) is 12.1. The number of ether oxygens (including phenoxy) is 1. The second-order valence-corrected chi connectivity index (χ2v) is 5.57.